The van der Waals surface area contributed by atoms with E-state index in [2.05, 4.69) is 10.6 Å². The molecule has 1 aromatic heterocycles. The van der Waals surface area contributed by atoms with Gasteiger partial charge in [0.05, 0.1) is 6.67 Å². The number of anilines is 1. The number of rotatable bonds is 3. The maximum atomic E-state index is 3.20. The zero-order valence-corrected chi connectivity index (χ0v) is 6.96. The first-order valence-corrected chi connectivity index (χ1v) is 3.66. The van der Waals surface area contributed by atoms with Gasteiger partial charge in [0.15, 0.2) is 12.4 Å². The van der Waals surface area contributed by atoms with Gasteiger partial charge in [-0.15, -0.1) is 0 Å². The smallest absolute Gasteiger partial charge is 0.170 e. The number of aromatic nitrogens is 1. The van der Waals surface area contributed by atoms with E-state index in [-0.39, 0.29) is 0 Å². The molecule has 0 atom stereocenters. The Kier molecular flexibility index (Phi) is 2.86. The van der Waals surface area contributed by atoms with Gasteiger partial charge in [-0.25, -0.2) is 4.57 Å². The Morgan fingerprint density at radius 2 is 2.00 bits per heavy atom. The van der Waals surface area contributed by atoms with Crippen LogP contribution in [0.25, 0.3) is 0 Å². The van der Waals surface area contributed by atoms with Crippen LogP contribution < -0.4 is 15.2 Å². The molecule has 0 spiro atoms. The highest BCUT2D eigenvalue weighted by Gasteiger charge is 1.91. The first-order chi connectivity index (χ1) is 5.33. The maximum Gasteiger partial charge on any atom is 0.170 e. The summed E-state index contributed by atoms with van der Waals surface area (Å²) in [5, 5.41) is 6.21. The molecule has 0 amide bonds. The van der Waals surface area contributed by atoms with E-state index in [4.69, 9.17) is 0 Å². The quantitative estimate of drug-likeness (QED) is 0.475. The van der Waals surface area contributed by atoms with Crippen LogP contribution in [0, 0.1) is 0 Å². The molecule has 1 heterocycles. The van der Waals surface area contributed by atoms with Crippen molar-refractivity contribution in [1.29, 1.82) is 0 Å². The summed E-state index contributed by atoms with van der Waals surface area (Å²) in [4.78, 5) is 0. The van der Waals surface area contributed by atoms with Gasteiger partial charge in [0.1, 0.15) is 7.05 Å². The molecular weight excluding hydrogens is 138 g/mol. The zero-order valence-electron chi connectivity index (χ0n) is 6.96. The fraction of sp³-hybridized carbons (Fsp3) is 0.375. The van der Waals surface area contributed by atoms with Crippen LogP contribution >= 0.6 is 0 Å². The lowest BCUT2D eigenvalue weighted by molar-refractivity contribution is -0.671. The van der Waals surface area contributed by atoms with Crippen molar-refractivity contribution in [3.05, 3.63) is 24.5 Å². The van der Waals surface area contributed by atoms with E-state index in [9.17, 15) is 0 Å². The lowest BCUT2D eigenvalue weighted by atomic mass is 10.4. The molecule has 11 heavy (non-hydrogen) atoms. The minimum atomic E-state index is 0.799. The predicted octanol–water partition coefficient (Wildman–Crippen LogP) is 0.0999. The van der Waals surface area contributed by atoms with Gasteiger partial charge < -0.3 is 10.6 Å². The van der Waals surface area contributed by atoms with Crippen molar-refractivity contribution in [1.82, 2.24) is 5.32 Å². The number of nitrogens with zero attached hydrogens (tertiary/aromatic N) is 1. The molecule has 0 unspecified atom stereocenters. The van der Waals surface area contributed by atoms with E-state index in [1.807, 2.05) is 43.2 Å². The van der Waals surface area contributed by atoms with Gasteiger partial charge in [-0.05, 0) is 7.05 Å². The van der Waals surface area contributed by atoms with Crippen molar-refractivity contribution in [3.63, 3.8) is 0 Å². The number of pyridine rings is 1. The summed E-state index contributed by atoms with van der Waals surface area (Å²) in [7, 11) is 3.91. The lowest BCUT2D eigenvalue weighted by Crippen LogP contribution is -2.26. The number of aryl methyl sites for hydroxylation is 1. The minimum absolute atomic E-state index is 0.799. The fourth-order valence-corrected chi connectivity index (χ4v) is 0.809. The van der Waals surface area contributed by atoms with Crippen LogP contribution in [-0.2, 0) is 7.05 Å². The molecule has 0 saturated carbocycles. The molecule has 1 rings (SSSR count). The molecule has 1 aromatic rings. The summed E-state index contributed by atoms with van der Waals surface area (Å²) < 4.78 is 2.00. The largest absolute Gasteiger partial charge is 0.372 e. The molecule has 0 aliphatic rings. The van der Waals surface area contributed by atoms with Gasteiger partial charge in [-0.1, -0.05) is 0 Å². The van der Waals surface area contributed by atoms with Crippen molar-refractivity contribution in [2.24, 2.45) is 7.05 Å². The molecule has 3 nitrogen and oxygen atoms in total. The number of nitrogens with one attached hydrogen (secondary N) is 2. The Hall–Kier alpha value is -1.09. The highest BCUT2D eigenvalue weighted by molar-refractivity contribution is 5.39. The van der Waals surface area contributed by atoms with Crippen LogP contribution in [0.5, 0.6) is 0 Å². The molecule has 0 aromatic carbocycles. The van der Waals surface area contributed by atoms with Crippen molar-refractivity contribution >= 4 is 5.69 Å². The number of hydrogen-bond acceptors (Lipinski definition) is 2. The lowest BCUT2D eigenvalue weighted by Gasteiger charge is -2.02. The Balaban J connectivity index is 2.52. The Morgan fingerprint density at radius 3 is 2.55 bits per heavy atom. The highest BCUT2D eigenvalue weighted by Crippen LogP contribution is 1.99. The van der Waals surface area contributed by atoms with Crippen LogP contribution in [0.4, 0.5) is 5.69 Å². The van der Waals surface area contributed by atoms with Gasteiger partial charge in [-0.2, -0.15) is 0 Å². The van der Waals surface area contributed by atoms with Crippen LogP contribution in [0.3, 0.4) is 0 Å². The molecule has 0 aliphatic carbocycles. The van der Waals surface area contributed by atoms with E-state index in [1.165, 1.54) is 0 Å². The average molecular weight is 152 g/mol. The van der Waals surface area contributed by atoms with Gasteiger partial charge in [-0.3, -0.25) is 0 Å². The average Bonchev–Trinajstić information content (AvgIpc) is 2.04. The minimum Gasteiger partial charge on any atom is -0.372 e. The maximum absolute atomic E-state index is 3.20. The van der Waals surface area contributed by atoms with Gasteiger partial charge in [0, 0.05) is 17.8 Å². The van der Waals surface area contributed by atoms with Crippen LogP contribution in [0.1, 0.15) is 0 Å². The topological polar surface area (TPSA) is 27.9 Å². The van der Waals surface area contributed by atoms with Crippen molar-refractivity contribution < 1.29 is 4.57 Å². The van der Waals surface area contributed by atoms with Crippen LogP contribution in [0.15, 0.2) is 24.5 Å². The van der Waals surface area contributed by atoms with E-state index in [1.54, 1.807) is 0 Å². The van der Waals surface area contributed by atoms with Crippen LogP contribution in [-0.4, -0.2) is 13.7 Å². The third-order valence-electron chi connectivity index (χ3n) is 1.45. The Labute approximate surface area is 67.1 Å². The normalized spacial score (nSPS) is 9.64. The zero-order chi connectivity index (χ0) is 8.10. The van der Waals surface area contributed by atoms with Crippen molar-refractivity contribution in [3.8, 4) is 0 Å². The second kappa shape index (κ2) is 3.93. The second-order valence-electron chi connectivity index (χ2n) is 2.46. The van der Waals surface area contributed by atoms with E-state index in [0.717, 1.165) is 12.4 Å². The van der Waals surface area contributed by atoms with Crippen LogP contribution in [0.2, 0.25) is 0 Å². The molecule has 3 heteroatoms. The van der Waals surface area contributed by atoms with Gasteiger partial charge >= 0.3 is 0 Å². The Bertz CT molecular complexity index is 205. The monoisotopic (exact) mass is 152 g/mol. The summed E-state index contributed by atoms with van der Waals surface area (Å²) >= 11 is 0. The molecule has 0 fully saturated rings. The van der Waals surface area contributed by atoms with E-state index >= 15 is 0 Å². The first kappa shape index (κ1) is 8.01. The summed E-state index contributed by atoms with van der Waals surface area (Å²) in [5.74, 6) is 0. The molecule has 0 bridgehead atoms. The van der Waals surface area contributed by atoms with Crippen molar-refractivity contribution in [2.75, 3.05) is 19.0 Å². The van der Waals surface area contributed by atoms with E-state index < -0.39 is 0 Å². The van der Waals surface area contributed by atoms with Crippen molar-refractivity contribution in [2.45, 2.75) is 0 Å². The second-order valence-corrected chi connectivity index (χ2v) is 2.46. The fourth-order valence-electron chi connectivity index (χ4n) is 0.809. The Morgan fingerprint density at radius 1 is 1.36 bits per heavy atom. The van der Waals surface area contributed by atoms with Gasteiger partial charge in [0.2, 0.25) is 0 Å². The van der Waals surface area contributed by atoms with E-state index in [0.29, 0.717) is 0 Å². The molecule has 0 radical (unpaired) electrons. The predicted molar refractivity (Wildman–Crippen MR) is 45.2 cm³/mol. The molecule has 0 aliphatic heterocycles. The summed E-state index contributed by atoms with van der Waals surface area (Å²) in [6.07, 6.45) is 4.02. The summed E-state index contributed by atoms with van der Waals surface area (Å²) in [6.45, 7) is 0.799. The summed E-state index contributed by atoms with van der Waals surface area (Å²) in [5.41, 5.74) is 1.14. The summed E-state index contributed by atoms with van der Waals surface area (Å²) in [6, 6.07) is 4.08. The number of hydrogen-bond donors (Lipinski definition) is 2. The molecule has 0 saturated heterocycles. The third-order valence-corrected chi connectivity index (χ3v) is 1.45. The highest BCUT2D eigenvalue weighted by atomic mass is 15.0. The van der Waals surface area contributed by atoms with Gasteiger partial charge in [0.25, 0.3) is 0 Å². The first-order valence-electron chi connectivity index (χ1n) is 3.66. The molecule has 2 N–H and O–H groups in total. The SMILES string of the molecule is CNCNc1cc[n+](C)cc1. The standard InChI is InChI=1S/C8H13N3/c1-9-7-10-8-3-5-11(2)6-4-8/h3-6,9H,7H2,1-2H3/p+1. The molecular formula is C8H14N3+. The third kappa shape index (κ3) is 2.55. The molecule has 60 valence electrons.